The van der Waals surface area contributed by atoms with Gasteiger partial charge in [-0.15, -0.1) is 11.3 Å². The lowest BCUT2D eigenvalue weighted by molar-refractivity contribution is 0.700. The van der Waals surface area contributed by atoms with E-state index in [4.69, 9.17) is 10.2 Å². The van der Waals surface area contributed by atoms with Gasteiger partial charge in [-0.1, -0.05) is 6.07 Å². The Hall–Kier alpha value is -2.91. The summed E-state index contributed by atoms with van der Waals surface area (Å²) >= 11 is 1.70. The molecule has 3 aromatic heterocycles. The number of aryl methyl sites for hydroxylation is 1. The first-order chi connectivity index (χ1) is 11.8. The van der Waals surface area contributed by atoms with Crippen LogP contribution in [0.5, 0.6) is 0 Å². The summed E-state index contributed by atoms with van der Waals surface area (Å²) in [6.45, 7) is 3.59. The van der Waals surface area contributed by atoms with Crippen LogP contribution in [0.2, 0.25) is 0 Å². The molecule has 0 bridgehead atoms. The lowest BCUT2D eigenvalue weighted by atomic mass is 10.1. The van der Waals surface area contributed by atoms with E-state index in [1.807, 2.05) is 37.5 Å². The summed E-state index contributed by atoms with van der Waals surface area (Å²) in [6, 6.07) is 9.95. The molecule has 0 aliphatic carbocycles. The molecule has 0 saturated heterocycles. The smallest absolute Gasteiger partial charge is 0.135 e. The summed E-state index contributed by atoms with van der Waals surface area (Å²) in [7, 11) is 0. The fourth-order valence-corrected chi connectivity index (χ4v) is 3.77. The van der Waals surface area contributed by atoms with E-state index in [0.717, 1.165) is 41.0 Å². The number of fused-ring (bicyclic) bond motifs is 3. The Labute approximate surface area is 143 Å². The monoisotopic (exact) mass is 333 g/mol. The van der Waals surface area contributed by atoms with Crippen molar-refractivity contribution in [3.63, 3.8) is 0 Å². The zero-order chi connectivity index (χ0) is 16.5. The minimum absolute atomic E-state index is 0.630. The highest BCUT2D eigenvalue weighted by molar-refractivity contribution is 7.18. The molecular weight excluding hydrogens is 318 g/mol. The summed E-state index contributed by atoms with van der Waals surface area (Å²) in [5.74, 6) is 1.87. The number of anilines is 1. The third-order valence-electron chi connectivity index (χ3n) is 4.09. The quantitative estimate of drug-likeness (QED) is 0.614. The zero-order valence-corrected chi connectivity index (χ0v) is 14.0. The van der Waals surface area contributed by atoms with E-state index in [0.29, 0.717) is 5.56 Å². The number of hydrogen-bond acceptors (Lipinski definition) is 5. The minimum atomic E-state index is 0.630. The molecule has 0 atom stereocenters. The van der Waals surface area contributed by atoms with E-state index in [9.17, 15) is 0 Å². The minimum Gasteiger partial charge on any atom is -0.368 e. The Kier molecular flexibility index (Phi) is 3.63. The second kappa shape index (κ2) is 5.95. The molecule has 0 spiro atoms. The van der Waals surface area contributed by atoms with E-state index in [1.165, 1.54) is 4.70 Å². The lowest BCUT2D eigenvalue weighted by Crippen LogP contribution is -2.12. The van der Waals surface area contributed by atoms with Gasteiger partial charge in [0.25, 0.3) is 0 Å². The van der Waals surface area contributed by atoms with Crippen molar-refractivity contribution in [1.82, 2.24) is 14.5 Å². The lowest BCUT2D eigenvalue weighted by Gasteiger charge is -2.10. The third-order valence-corrected chi connectivity index (χ3v) is 5.04. The van der Waals surface area contributed by atoms with Gasteiger partial charge in [0.05, 0.1) is 17.1 Å². The van der Waals surface area contributed by atoms with Gasteiger partial charge < -0.3 is 9.88 Å². The Bertz CT molecular complexity index is 1070. The van der Waals surface area contributed by atoms with Crippen LogP contribution in [0.3, 0.4) is 0 Å². The van der Waals surface area contributed by atoms with Gasteiger partial charge in [0, 0.05) is 41.0 Å². The second-order valence-corrected chi connectivity index (χ2v) is 6.48. The zero-order valence-electron chi connectivity index (χ0n) is 13.2. The van der Waals surface area contributed by atoms with Crippen LogP contribution in [-0.2, 0) is 6.54 Å². The van der Waals surface area contributed by atoms with Crippen molar-refractivity contribution in [2.45, 2.75) is 13.5 Å². The molecule has 0 amide bonds. The number of hydrogen-bond donors (Lipinski definition) is 1. The summed E-state index contributed by atoms with van der Waals surface area (Å²) in [4.78, 5) is 8.98. The fourth-order valence-electron chi connectivity index (χ4n) is 2.84. The van der Waals surface area contributed by atoms with Crippen LogP contribution >= 0.6 is 11.3 Å². The number of nitrogens with zero attached hydrogens (tertiary/aromatic N) is 4. The molecule has 24 heavy (non-hydrogen) atoms. The molecule has 1 aromatic carbocycles. The molecule has 0 radical (unpaired) electrons. The van der Waals surface area contributed by atoms with Gasteiger partial charge in [-0.05, 0) is 30.5 Å². The highest BCUT2D eigenvalue weighted by atomic mass is 32.1. The van der Waals surface area contributed by atoms with Crippen molar-refractivity contribution >= 4 is 38.1 Å². The molecule has 5 nitrogen and oxygen atoms in total. The van der Waals surface area contributed by atoms with Gasteiger partial charge in [0.1, 0.15) is 11.6 Å². The summed E-state index contributed by atoms with van der Waals surface area (Å²) in [5, 5.41) is 16.8. The molecule has 118 valence electrons. The van der Waals surface area contributed by atoms with Crippen LogP contribution in [0.15, 0.2) is 42.0 Å². The van der Waals surface area contributed by atoms with Gasteiger partial charge in [-0.2, -0.15) is 5.26 Å². The van der Waals surface area contributed by atoms with Gasteiger partial charge in [-0.3, -0.25) is 0 Å². The fraction of sp³-hybridized carbons (Fsp3) is 0.167. The van der Waals surface area contributed by atoms with Crippen molar-refractivity contribution in [2.24, 2.45) is 0 Å². The standard InChI is InChI=1S/C18H15N5S/c1-12-20-5-7-23(12)8-6-21-18-15-4-9-24-17(15)14-3-2-13(11-19)10-16(14)22-18/h2-5,7,9-10H,6,8H2,1H3,(H,21,22). The number of rotatable bonds is 4. The van der Waals surface area contributed by atoms with Gasteiger partial charge in [0.15, 0.2) is 0 Å². The maximum absolute atomic E-state index is 9.11. The van der Waals surface area contributed by atoms with Crippen molar-refractivity contribution in [3.8, 4) is 6.07 Å². The predicted octanol–water partition coefficient (Wildman–Crippen LogP) is 3.94. The van der Waals surface area contributed by atoms with Crippen molar-refractivity contribution in [3.05, 3.63) is 53.4 Å². The Balaban J connectivity index is 1.69. The SMILES string of the molecule is Cc1nccn1CCNc1nc2cc(C#N)ccc2c2sccc12. The Morgan fingerprint density at radius 2 is 2.21 bits per heavy atom. The van der Waals surface area contributed by atoms with Crippen molar-refractivity contribution < 1.29 is 0 Å². The first-order valence-corrected chi connectivity index (χ1v) is 8.57. The molecule has 0 fully saturated rings. The summed E-state index contributed by atoms with van der Waals surface area (Å²) in [5.41, 5.74) is 1.48. The molecule has 4 rings (SSSR count). The van der Waals surface area contributed by atoms with Crippen LogP contribution < -0.4 is 5.32 Å². The Morgan fingerprint density at radius 3 is 3.00 bits per heavy atom. The van der Waals surface area contributed by atoms with Gasteiger partial charge >= 0.3 is 0 Å². The number of aromatic nitrogens is 3. The van der Waals surface area contributed by atoms with Crippen LogP contribution in [0.1, 0.15) is 11.4 Å². The molecule has 0 aliphatic heterocycles. The van der Waals surface area contributed by atoms with Crippen LogP contribution in [-0.4, -0.2) is 21.1 Å². The number of nitrogens with one attached hydrogen (secondary N) is 1. The van der Waals surface area contributed by atoms with E-state index in [1.54, 1.807) is 11.3 Å². The summed E-state index contributed by atoms with van der Waals surface area (Å²) in [6.07, 6.45) is 3.79. The van der Waals surface area contributed by atoms with E-state index >= 15 is 0 Å². The van der Waals surface area contributed by atoms with Crippen LogP contribution in [0.4, 0.5) is 5.82 Å². The number of benzene rings is 1. The normalized spacial score (nSPS) is 11.0. The first kappa shape index (κ1) is 14.7. The summed E-state index contributed by atoms with van der Waals surface area (Å²) < 4.78 is 3.30. The maximum Gasteiger partial charge on any atom is 0.135 e. The first-order valence-electron chi connectivity index (χ1n) is 7.69. The highest BCUT2D eigenvalue weighted by Gasteiger charge is 2.10. The average molecular weight is 333 g/mol. The maximum atomic E-state index is 9.11. The largest absolute Gasteiger partial charge is 0.368 e. The molecule has 4 aromatic rings. The Morgan fingerprint density at radius 1 is 1.29 bits per heavy atom. The number of thiophene rings is 1. The van der Waals surface area contributed by atoms with Crippen LogP contribution in [0.25, 0.3) is 21.0 Å². The molecular formula is C18H15N5S. The number of imidazole rings is 1. The number of nitriles is 1. The molecule has 3 heterocycles. The van der Waals surface area contributed by atoms with E-state index in [2.05, 4.69) is 32.4 Å². The van der Waals surface area contributed by atoms with Gasteiger partial charge in [-0.25, -0.2) is 9.97 Å². The average Bonchev–Trinajstić information content (AvgIpc) is 3.24. The predicted molar refractivity (Wildman–Crippen MR) is 97.3 cm³/mol. The number of pyridine rings is 1. The third kappa shape index (κ3) is 2.49. The molecule has 0 saturated carbocycles. The molecule has 0 unspecified atom stereocenters. The molecule has 1 N–H and O–H groups in total. The molecule has 6 heteroatoms. The topological polar surface area (TPSA) is 66.5 Å². The van der Waals surface area contributed by atoms with Crippen LogP contribution in [0, 0.1) is 18.3 Å². The second-order valence-electron chi connectivity index (χ2n) is 5.56. The van der Waals surface area contributed by atoms with E-state index < -0.39 is 0 Å². The van der Waals surface area contributed by atoms with Gasteiger partial charge in [0.2, 0.25) is 0 Å². The van der Waals surface area contributed by atoms with E-state index in [-0.39, 0.29) is 0 Å². The molecule has 0 aliphatic rings. The van der Waals surface area contributed by atoms with Crippen molar-refractivity contribution in [2.75, 3.05) is 11.9 Å². The van der Waals surface area contributed by atoms with Crippen molar-refractivity contribution in [1.29, 1.82) is 5.26 Å². The highest BCUT2D eigenvalue weighted by Crippen LogP contribution is 2.33.